The van der Waals surface area contributed by atoms with Crippen LogP contribution in [0.1, 0.15) is 16.7 Å². The van der Waals surface area contributed by atoms with E-state index in [-0.39, 0.29) is 12.5 Å². The van der Waals surface area contributed by atoms with Gasteiger partial charge in [-0.15, -0.1) is 0 Å². The van der Waals surface area contributed by atoms with E-state index in [2.05, 4.69) is 66.7 Å². The molecular formula is C15H13F2Zr. The summed E-state index contributed by atoms with van der Waals surface area (Å²) in [4.78, 5) is 0. The zero-order chi connectivity index (χ0) is 11.0. The molecule has 0 saturated heterocycles. The molecule has 0 fully saturated rings. The molecule has 1 aliphatic carbocycles. The molecule has 3 rings (SSSR count). The summed E-state index contributed by atoms with van der Waals surface area (Å²) < 4.78 is 0.130. The van der Waals surface area contributed by atoms with Crippen molar-refractivity contribution in [2.75, 3.05) is 0 Å². The zero-order valence-corrected chi connectivity index (χ0v) is 12.1. The molecule has 1 atom stereocenters. The van der Waals surface area contributed by atoms with Crippen LogP contribution in [0.4, 0.5) is 9.41 Å². The molecular weight excluding hydrogens is 309 g/mol. The number of fused-ring (bicyclic) bond motifs is 1. The number of allylic oxidation sites excluding steroid dienone is 1. The van der Waals surface area contributed by atoms with Gasteiger partial charge in [-0.2, -0.15) is 0 Å². The summed E-state index contributed by atoms with van der Waals surface area (Å²) in [5.41, 5.74) is 4.21. The summed E-state index contributed by atoms with van der Waals surface area (Å²) in [5, 5.41) is 0. The third-order valence-electron chi connectivity index (χ3n) is 3.13. The van der Waals surface area contributed by atoms with Crippen LogP contribution in [-0.4, -0.2) is 0 Å². The second kappa shape index (κ2) is 5.71. The van der Waals surface area contributed by atoms with Gasteiger partial charge in [-0.1, -0.05) is 0 Å². The predicted molar refractivity (Wildman–Crippen MR) is 67.7 cm³/mol. The van der Waals surface area contributed by atoms with Crippen molar-refractivity contribution in [1.82, 2.24) is 0 Å². The fourth-order valence-corrected chi connectivity index (χ4v) is 3.43. The molecule has 0 saturated carbocycles. The number of hydrogen-bond donors (Lipinski definition) is 0. The van der Waals surface area contributed by atoms with Crippen LogP contribution in [-0.2, 0) is 27.8 Å². The fraction of sp³-hybridized carbons (Fsp3) is 0.0667. The molecule has 0 aliphatic heterocycles. The average Bonchev–Trinajstić information content (AvgIpc) is 2.71. The van der Waals surface area contributed by atoms with E-state index in [4.69, 9.17) is 0 Å². The number of halogens is 2. The van der Waals surface area contributed by atoms with Crippen LogP contribution in [0.5, 0.6) is 0 Å². The first-order valence-electron chi connectivity index (χ1n) is 5.40. The molecule has 18 heavy (non-hydrogen) atoms. The van der Waals surface area contributed by atoms with Gasteiger partial charge in [0.1, 0.15) is 0 Å². The molecule has 3 heteroatoms. The summed E-state index contributed by atoms with van der Waals surface area (Å²) in [6.07, 6.45) is 4.59. The SMILES string of the molecule is F.F.[Zr][C]1(c2ccccc2)C=Cc2ccccc21. The van der Waals surface area contributed by atoms with E-state index < -0.39 is 0 Å². The van der Waals surface area contributed by atoms with Crippen LogP contribution in [0.25, 0.3) is 6.08 Å². The first-order chi connectivity index (χ1) is 7.81. The maximum absolute atomic E-state index is 2.34. The predicted octanol–water partition coefficient (Wildman–Crippen LogP) is 3.81. The summed E-state index contributed by atoms with van der Waals surface area (Å²) >= 11 is 1.52. The molecule has 0 bridgehead atoms. The molecule has 0 aromatic heterocycles. The molecule has 2 aromatic rings. The van der Waals surface area contributed by atoms with E-state index in [1.165, 1.54) is 41.4 Å². The third kappa shape index (κ3) is 2.24. The molecule has 1 aliphatic rings. The van der Waals surface area contributed by atoms with E-state index in [1.807, 2.05) is 0 Å². The second-order valence-corrected chi connectivity index (χ2v) is 6.03. The van der Waals surface area contributed by atoms with Crippen molar-refractivity contribution < 1.29 is 34.1 Å². The van der Waals surface area contributed by atoms with Gasteiger partial charge < -0.3 is 0 Å². The topological polar surface area (TPSA) is 0 Å². The van der Waals surface area contributed by atoms with Crippen LogP contribution in [0.2, 0.25) is 0 Å². The minimum atomic E-state index is 0. The van der Waals surface area contributed by atoms with Gasteiger partial charge in [-0.05, 0) is 0 Å². The van der Waals surface area contributed by atoms with E-state index in [1.54, 1.807) is 0 Å². The fourth-order valence-electron chi connectivity index (χ4n) is 2.26. The standard InChI is InChI=1S/C15H11.2FH.Zr/c1-2-6-12(7-3-1)15-11-10-13-8-4-5-9-14(13)15;;;/h1-11H;2*1H;. The number of hydrogen-bond acceptors (Lipinski definition) is 0. The van der Waals surface area contributed by atoms with Gasteiger partial charge in [0.05, 0.1) is 0 Å². The number of rotatable bonds is 1. The molecule has 0 nitrogen and oxygen atoms in total. The Morgan fingerprint density at radius 3 is 2.11 bits per heavy atom. The van der Waals surface area contributed by atoms with Crippen molar-refractivity contribution in [3.05, 3.63) is 77.4 Å². The summed E-state index contributed by atoms with van der Waals surface area (Å²) in [6, 6.07) is 19.4. The van der Waals surface area contributed by atoms with Gasteiger partial charge in [0.2, 0.25) is 0 Å². The Labute approximate surface area is 120 Å². The van der Waals surface area contributed by atoms with Gasteiger partial charge in [0.15, 0.2) is 0 Å². The molecule has 0 spiro atoms. The van der Waals surface area contributed by atoms with Crippen molar-refractivity contribution in [1.29, 1.82) is 0 Å². The quantitative estimate of drug-likeness (QED) is 0.749. The Morgan fingerprint density at radius 2 is 1.39 bits per heavy atom. The molecule has 1 unspecified atom stereocenters. The van der Waals surface area contributed by atoms with Crippen LogP contribution in [0.3, 0.4) is 0 Å². The van der Waals surface area contributed by atoms with Crippen molar-refractivity contribution in [3.8, 4) is 0 Å². The Hall–Kier alpha value is -1.08. The van der Waals surface area contributed by atoms with Crippen molar-refractivity contribution in [2.45, 2.75) is 3.12 Å². The first kappa shape index (κ1) is 15.0. The van der Waals surface area contributed by atoms with Gasteiger partial charge in [0, 0.05) is 0 Å². The van der Waals surface area contributed by atoms with Crippen LogP contribution < -0.4 is 0 Å². The Balaban J connectivity index is 0.000000810. The average molecular weight is 322 g/mol. The Kier molecular flexibility index (Phi) is 4.75. The number of benzene rings is 2. The Bertz CT molecular complexity index is 551. The van der Waals surface area contributed by atoms with Gasteiger partial charge in [0.25, 0.3) is 0 Å². The van der Waals surface area contributed by atoms with Crippen molar-refractivity contribution >= 4 is 6.08 Å². The van der Waals surface area contributed by atoms with E-state index >= 15 is 0 Å². The molecule has 0 N–H and O–H groups in total. The zero-order valence-electron chi connectivity index (χ0n) is 9.67. The molecule has 0 heterocycles. The third-order valence-corrected chi connectivity index (χ3v) is 4.91. The molecule has 0 amide bonds. The Morgan fingerprint density at radius 1 is 0.778 bits per heavy atom. The minimum absolute atomic E-state index is 0. The van der Waals surface area contributed by atoms with Crippen LogP contribution >= 0.6 is 0 Å². The second-order valence-electron chi connectivity index (χ2n) is 4.09. The van der Waals surface area contributed by atoms with Gasteiger partial charge in [-0.3, -0.25) is 9.41 Å². The normalized spacial score (nSPS) is 19.5. The molecule has 2 aromatic carbocycles. The van der Waals surface area contributed by atoms with E-state index in [9.17, 15) is 0 Å². The summed E-state index contributed by atoms with van der Waals surface area (Å²) in [6.45, 7) is 0. The maximum atomic E-state index is 2.34. The van der Waals surface area contributed by atoms with Crippen LogP contribution in [0.15, 0.2) is 60.7 Å². The van der Waals surface area contributed by atoms with Crippen LogP contribution in [0, 0.1) is 0 Å². The molecule has 0 radical (unpaired) electrons. The van der Waals surface area contributed by atoms with Crippen molar-refractivity contribution in [2.24, 2.45) is 0 Å². The van der Waals surface area contributed by atoms with E-state index in [0.29, 0.717) is 0 Å². The molecule has 91 valence electrons. The summed E-state index contributed by atoms with van der Waals surface area (Å²) in [7, 11) is 0. The summed E-state index contributed by atoms with van der Waals surface area (Å²) in [5.74, 6) is 0. The van der Waals surface area contributed by atoms with Gasteiger partial charge >= 0.3 is 111 Å². The van der Waals surface area contributed by atoms with Gasteiger partial charge in [-0.25, -0.2) is 0 Å². The first-order valence-corrected chi connectivity index (χ1v) is 6.63. The van der Waals surface area contributed by atoms with E-state index in [0.717, 1.165) is 0 Å². The monoisotopic (exact) mass is 321 g/mol. The van der Waals surface area contributed by atoms with Crippen molar-refractivity contribution in [3.63, 3.8) is 0 Å².